The molecule has 4 rings (SSSR count). The largest absolute Gasteiger partial charge is 0.431 e. The molecule has 1 aliphatic rings. The van der Waals surface area contributed by atoms with Crippen LogP contribution in [-0.4, -0.2) is 28.7 Å². The molecule has 0 saturated carbocycles. The number of H-pyrrole nitrogens is 1. The van der Waals surface area contributed by atoms with E-state index in [1.54, 1.807) is 0 Å². The molecule has 3 aromatic rings. The molecule has 2 unspecified atom stereocenters. The highest BCUT2D eigenvalue weighted by Crippen LogP contribution is 2.24. The van der Waals surface area contributed by atoms with Gasteiger partial charge in [-0.15, -0.1) is 0 Å². The summed E-state index contributed by atoms with van der Waals surface area (Å²) < 4.78 is 17.1. The van der Waals surface area contributed by atoms with Crippen LogP contribution in [0, 0.1) is 0 Å². The Balaban J connectivity index is 1.35. The van der Waals surface area contributed by atoms with Gasteiger partial charge in [0.15, 0.2) is 12.0 Å². The molecule has 0 aliphatic carbocycles. The predicted octanol–water partition coefficient (Wildman–Crippen LogP) is 3.79. The molecule has 2 aromatic carbocycles. The van der Waals surface area contributed by atoms with Crippen LogP contribution < -0.4 is 0 Å². The summed E-state index contributed by atoms with van der Waals surface area (Å²) in [6, 6.07) is 17.4. The Hall–Kier alpha value is -2.70. The topological polar surface area (TPSA) is 73.4 Å². The predicted molar refractivity (Wildman–Crippen MR) is 95.3 cm³/mol. The van der Waals surface area contributed by atoms with E-state index in [4.69, 9.17) is 14.2 Å². The third-order valence-corrected chi connectivity index (χ3v) is 4.36. The van der Waals surface area contributed by atoms with Crippen LogP contribution in [0.15, 0.2) is 54.6 Å². The highest BCUT2D eigenvalue weighted by atomic mass is 16.8. The van der Waals surface area contributed by atoms with Gasteiger partial charge in [-0.25, -0.2) is 4.79 Å². The highest BCUT2D eigenvalue weighted by molar-refractivity contribution is 6.01. The average Bonchev–Trinajstić information content (AvgIpc) is 3.12. The van der Waals surface area contributed by atoms with Gasteiger partial charge >= 0.3 is 5.97 Å². The second-order valence-corrected chi connectivity index (χ2v) is 6.25. The molecule has 0 radical (unpaired) electrons. The molecule has 1 aliphatic heterocycles. The molecular formula is C20H20N2O4. The summed E-state index contributed by atoms with van der Waals surface area (Å²) in [5.41, 5.74) is 2.16. The van der Waals surface area contributed by atoms with E-state index in [0.29, 0.717) is 13.0 Å². The SMILES string of the molecule is O=C(OC1CCCC(OCc2ccccc2)O1)c1n[nH]c2ccccc12. The number of carbonyl (C=O) groups is 1. The van der Waals surface area contributed by atoms with Gasteiger partial charge < -0.3 is 14.2 Å². The number of hydrogen-bond acceptors (Lipinski definition) is 5. The minimum atomic E-state index is -0.618. The van der Waals surface area contributed by atoms with Crippen LogP contribution in [-0.2, 0) is 20.8 Å². The van der Waals surface area contributed by atoms with Crippen molar-refractivity contribution in [3.05, 3.63) is 65.9 Å². The molecule has 6 heteroatoms. The quantitative estimate of drug-likeness (QED) is 0.707. The van der Waals surface area contributed by atoms with Crippen molar-refractivity contribution in [1.29, 1.82) is 0 Å². The van der Waals surface area contributed by atoms with E-state index in [9.17, 15) is 4.79 Å². The lowest BCUT2D eigenvalue weighted by Gasteiger charge is -2.29. The van der Waals surface area contributed by atoms with E-state index < -0.39 is 12.3 Å². The zero-order valence-electron chi connectivity index (χ0n) is 14.3. The molecule has 0 amide bonds. The first-order valence-electron chi connectivity index (χ1n) is 8.75. The van der Waals surface area contributed by atoms with E-state index in [1.807, 2.05) is 54.6 Å². The maximum atomic E-state index is 12.4. The van der Waals surface area contributed by atoms with Gasteiger partial charge in [0, 0.05) is 11.8 Å². The number of nitrogens with one attached hydrogen (secondary N) is 1. The number of rotatable bonds is 5. The average molecular weight is 352 g/mol. The fourth-order valence-corrected chi connectivity index (χ4v) is 3.02. The summed E-state index contributed by atoms with van der Waals surface area (Å²) in [6.07, 6.45) is 1.31. The van der Waals surface area contributed by atoms with Crippen LogP contribution in [0.4, 0.5) is 0 Å². The second-order valence-electron chi connectivity index (χ2n) is 6.25. The Kier molecular flexibility index (Phi) is 4.95. The molecule has 26 heavy (non-hydrogen) atoms. The number of aromatic nitrogens is 2. The van der Waals surface area contributed by atoms with E-state index in [1.165, 1.54) is 0 Å². The van der Waals surface area contributed by atoms with E-state index in [2.05, 4.69) is 10.2 Å². The number of hydrogen-bond donors (Lipinski definition) is 1. The molecule has 0 spiro atoms. The maximum absolute atomic E-state index is 12.4. The van der Waals surface area contributed by atoms with Crippen LogP contribution in [0.25, 0.3) is 10.9 Å². The number of ether oxygens (including phenoxy) is 3. The van der Waals surface area contributed by atoms with Gasteiger partial charge in [0.2, 0.25) is 6.29 Å². The van der Waals surface area contributed by atoms with Crippen LogP contribution >= 0.6 is 0 Å². The summed E-state index contributed by atoms with van der Waals surface area (Å²) in [5.74, 6) is -0.490. The molecular weight excluding hydrogens is 332 g/mol. The summed E-state index contributed by atoms with van der Waals surface area (Å²) in [6.45, 7) is 0.468. The lowest BCUT2D eigenvalue weighted by Crippen LogP contribution is -2.33. The molecule has 6 nitrogen and oxygen atoms in total. The smallest absolute Gasteiger partial charge is 0.361 e. The van der Waals surface area contributed by atoms with Gasteiger partial charge in [-0.05, 0) is 24.5 Å². The third kappa shape index (κ3) is 3.76. The van der Waals surface area contributed by atoms with Crippen LogP contribution in [0.3, 0.4) is 0 Å². The Labute approximate surface area is 151 Å². The molecule has 0 bridgehead atoms. The first-order chi connectivity index (χ1) is 12.8. The van der Waals surface area contributed by atoms with E-state index >= 15 is 0 Å². The van der Waals surface area contributed by atoms with Crippen molar-refractivity contribution in [3.63, 3.8) is 0 Å². The number of esters is 1. The highest BCUT2D eigenvalue weighted by Gasteiger charge is 2.27. The molecule has 134 valence electrons. The first kappa shape index (κ1) is 16.8. The summed E-state index contributed by atoms with van der Waals surface area (Å²) in [4.78, 5) is 12.4. The van der Waals surface area contributed by atoms with Gasteiger partial charge in [-0.1, -0.05) is 48.5 Å². The Morgan fingerprint density at radius 2 is 1.85 bits per heavy atom. The van der Waals surface area contributed by atoms with Gasteiger partial charge in [-0.2, -0.15) is 5.10 Å². The standard InChI is InChI=1S/C20H20N2O4/c23-20(19-15-9-4-5-10-16(15)21-22-19)26-18-12-6-11-17(25-18)24-13-14-7-2-1-3-8-14/h1-5,7-10,17-18H,6,11-13H2,(H,21,22). The van der Waals surface area contributed by atoms with Gasteiger partial charge in [-0.3, -0.25) is 5.10 Å². The van der Waals surface area contributed by atoms with Gasteiger partial charge in [0.1, 0.15) is 0 Å². The van der Waals surface area contributed by atoms with Crippen LogP contribution in [0.1, 0.15) is 35.3 Å². The number of carbonyl (C=O) groups excluding carboxylic acids is 1. The number of benzene rings is 2. The summed E-state index contributed by atoms with van der Waals surface area (Å²) in [5, 5.41) is 7.65. The lowest BCUT2D eigenvalue weighted by molar-refractivity contribution is -0.254. The second kappa shape index (κ2) is 7.68. The van der Waals surface area contributed by atoms with Crippen molar-refractivity contribution in [2.45, 2.75) is 38.4 Å². The zero-order chi connectivity index (χ0) is 17.8. The Morgan fingerprint density at radius 3 is 2.73 bits per heavy atom. The molecule has 1 aromatic heterocycles. The molecule has 1 N–H and O–H groups in total. The van der Waals surface area contributed by atoms with Crippen molar-refractivity contribution in [3.8, 4) is 0 Å². The minimum Gasteiger partial charge on any atom is -0.431 e. The van der Waals surface area contributed by atoms with Crippen molar-refractivity contribution in [2.75, 3.05) is 0 Å². The molecule has 2 heterocycles. The van der Waals surface area contributed by atoms with Crippen molar-refractivity contribution in [2.24, 2.45) is 0 Å². The van der Waals surface area contributed by atoms with E-state index in [-0.39, 0.29) is 12.0 Å². The Morgan fingerprint density at radius 1 is 1.08 bits per heavy atom. The van der Waals surface area contributed by atoms with Crippen LogP contribution in [0.2, 0.25) is 0 Å². The maximum Gasteiger partial charge on any atom is 0.361 e. The van der Waals surface area contributed by atoms with Crippen molar-refractivity contribution >= 4 is 16.9 Å². The lowest BCUT2D eigenvalue weighted by atomic mass is 10.2. The molecule has 1 saturated heterocycles. The fourth-order valence-electron chi connectivity index (χ4n) is 3.02. The normalized spacial score (nSPS) is 20.2. The molecule has 2 atom stereocenters. The van der Waals surface area contributed by atoms with Crippen molar-refractivity contribution in [1.82, 2.24) is 10.2 Å². The summed E-state index contributed by atoms with van der Waals surface area (Å²) >= 11 is 0. The van der Waals surface area contributed by atoms with Crippen LogP contribution in [0.5, 0.6) is 0 Å². The number of fused-ring (bicyclic) bond motifs is 1. The first-order valence-corrected chi connectivity index (χ1v) is 8.75. The van der Waals surface area contributed by atoms with Gasteiger partial charge in [0.05, 0.1) is 12.1 Å². The molecule has 1 fully saturated rings. The minimum absolute atomic E-state index is 0.275. The number of para-hydroxylation sites is 1. The number of aromatic amines is 1. The monoisotopic (exact) mass is 352 g/mol. The fraction of sp³-hybridized carbons (Fsp3) is 0.300. The Bertz CT molecular complexity index is 878. The van der Waals surface area contributed by atoms with E-state index in [0.717, 1.165) is 29.3 Å². The number of nitrogens with zero attached hydrogens (tertiary/aromatic N) is 1. The third-order valence-electron chi connectivity index (χ3n) is 4.36. The summed E-state index contributed by atoms with van der Waals surface area (Å²) in [7, 11) is 0. The van der Waals surface area contributed by atoms with Crippen molar-refractivity contribution < 1.29 is 19.0 Å². The van der Waals surface area contributed by atoms with Gasteiger partial charge in [0.25, 0.3) is 0 Å². The zero-order valence-corrected chi connectivity index (χ0v) is 14.3.